The molecular weight excluding hydrogens is 174 g/mol. The molecule has 1 heterocycles. The van der Waals surface area contributed by atoms with Crippen molar-refractivity contribution in [2.75, 3.05) is 14.1 Å². The van der Waals surface area contributed by atoms with Gasteiger partial charge in [0.2, 0.25) is 0 Å². The minimum Gasteiger partial charge on any atom is -0.305 e. The molecule has 0 spiro atoms. The molecule has 1 aromatic heterocycles. The molecule has 1 aromatic rings. The van der Waals surface area contributed by atoms with Gasteiger partial charge in [0.05, 0.1) is 11.8 Å². The van der Waals surface area contributed by atoms with Crippen LogP contribution < -0.4 is 0 Å². The average molecular weight is 189 g/mol. The second-order valence-corrected chi connectivity index (χ2v) is 3.57. The highest BCUT2D eigenvalue weighted by Crippen LogP contribution is 2.18. The Bertz CT molecular complexity index is 313. The number of rotatable bonds is 3. The van der Waals surface area contributed by atoms with Crippen LogP contribution in [0.5, 0.6) is 0 Å². The van der Waals surface area contributed by atoms with Crippen molar-refractivity contribution in [3.8, 4) is 6.07 Å². The molecular formula is C11H15N3. The van der Waals surface area contributed by atoms with E-state index in [2.05, 4.69) is 11.1 Å². The summed E-state index contributed by atoms with van der Waals surface area (Å²) in [5.74, 6) is -0.161. The summed E-state index contributed by atoms with van der Waals surface area (Å²) in [6.07, 6.45) is 1.72. The summed E-state index contributed by atoms with van der Waals surface area (Å²) in [6, 6.07) is 8.14. The molecule has 1 rings (SSSR count). The van der Waals surface area contributed by atoms with Gasteiger partial charge < -0.3 is 4.90 Å². The normalized spacial score (nSPS) is 14.8. The quantitative estimate of drug-likeness (QED) is 0.725. The first kappa shape index (κ1) is 10.7. The zero-order chi connectivity index (χ0) is 10.6. The molecule has 0 bridgehead atoms. The molecule has 0 aliphatic heterocycles. The van der Waals surface area contributed by atoms with Gasteiger partial charge in [-0.1, -0.05) is 6.07 Å². The highest BCUT2D eigenvalue weighted by molar-refractivity contribution is 5.19. The van der Waals surface area contributed by atoms with Crippen molar-refractivity contribution in [1.29, 1.82) is 5.26 Å². The Kier molecular flexibility index (Phi) is 3.61. The SMILES string of the molecule is CC(C(C#N)c1ccccn1)N(C)C. The van der Waals surface area contributed by atoms with E-state index in [4.69, 9.17) is 5.26 Å². The molecule has 3 nitrogen and oxygen atoms in total. The predicted molar refractivity (Wildman–Crippen MR) is 55.7 cm³/mol. The highest BCUT2D eigenvalue weighted by atomic mass is 15.1. The van der Waals surface area contributed by atoms with Gasteiger partial charge in [-0.25, -0.2) is 0 Å². The zero-order valence-electron chi connectivity index (χ0n) is 8.81. The fourth-order valence-electron chi connectivity index (χ4n) is 1.28. The lowest BCUT2D eigenvalue weighted by Crippen LogP contribution is -2.30. The largest absolute Gasteiger partial charge is 0.305 e. The van der Waals surface area contributed by atoms with Crippen LogP contribution in [0.4, 0.5) is 0 Å². The van der Waals surface area contributed by atoms with Gasteiger partial charge in [0.25, 0.3) is 0 Å². The molecule has 0 aliphatic rings. The van der Waals surface area contributed by atoms with Crippen LogP contribution >= 0.6 is 0 Å². The maximum Gasteiger partial charge on any atom is 0.104 e. The van der Waals surface area contributed by atoms with Crippen molar-refractivity contribution in [3.63, 3.8) is 0 Å². The molecule has 0 saturated heterocycles. The van der Waals surface area contributed by atoms with Gasteiger partial charge in [-0.3, -0.25) is 4.98 Å². The van der Waals surface area contributed by atoms with Crippen molar-refractivity contribution in [1.82, 2.24) is 9.88 Å². The maximum absolute atomic E-state index is 9.08. The van der Waals surface area contributed by atoms with Crippen LogP contribution in [0.15, 0.2) is 24.4 Å². The number of nitriles is 1. The van der Waals surface area contributed by atoms with Crippen LogP contribution in [0.2, 0.25) is 0 Å². The van der Waals surface area contributed by atoms with E-state index in [-0.39, 0.29) is 12.0 Å². The second-order valence-electron chi connectivity index (χ2n) is 3.57. The number of aromatic nitrogens is 1. The van der Waals surface area contributed by atoms with Gasteiger partial charge in [-0.15, -0.1) is 0 Å². The lowest BCUT2D eigenvalue weighted by atomic mass is 9.98. The highest BCUT2D eigenvalue weighted by Gasteiger charge is 2.21. The maximum atomic E-state index is 9.08. The van der Waals surface area contributed by atoms with Gasteiger partial charge >= 0.3 is 0 Å². The molecule has 0 saturated carbocycles. The number of hydrogen-bond acceptors (Lipinski definition) is 3. The lowest BCUT2D eigenvalue weighted by Gasteiger charge is -2.23. The Balaban J connectivity index is 2.89. The molecule has 0 amide bonds. The third-order valence-corrected chi connectivity index (χ3v) is 2.44. The first-order chi connectivity index (χ1) is 6.66. The fourth-order valence-corrected chi connectivity index (χ4v) is 1.28. The van der Waals surface area contributed by atoms with E-state index in [0.717, 1.165) is 5.69 Å². The topological polar surface area (TPSA) is 39.9 Å². The summed E-state index contributed by atoms with van der Waals surface area (Å²) in [7, 11) is 3.94. The summed E-state index contributed by atoms with van der Waals surface area (Å²) in [4.78, 5) is 6.23. The first-order valence-corrected chi connectivity index (χ1v) is 4.63. The molecule has 74 valence electrons. The van der Waals surface area contributed by atoms with Crippen molar-refractivity contribution in [3.05, 3.63) is 30.1 Å². The van der Waals surface area contributed by atoms with Crippen molar-refractivity contribution in [2.24, 2.45) is 0 Å². The molecule has 0 aliphatic carbocycles. The molecule has 0 N–H and O–H groups in total. The van der Waals surface area contributed by atoms with E-state index in [9.17, 15) is 0 Å². The van der Waals surface area contributed by atoms with Crippen LogP contribution in [-0.2, 0) is 0 Å². The van der Waals surface area contributed by atoms with Gasteiger partial charge in [0, 0.05) is 12.2 Å². The third kappa shape index (κ3) is 2.30. The molecule has 14 heavy (non-hydrogen) atoms. The monoisotopic (exact) mass is 189 g/mol. The standard InChI is InChI=1S/C11H15N3/c1-9(14(2)3)10(8-12)11-6-4-5-7-13-11/h4-7,9-10H,1-3H3. The molecule has 0 radical (unpaired) electrons. The predicted octanol–water partition coefficient (Wildman–Crippen LogP) is 1.64. The Morgan fingerprint density at radius 3 is 2.57 bits per heavy atom. The summed E-state index contributed by atoms with van der Waals surface area (Å²) >= 11 is 0. The summed E-state index contributed by atoms with van der Waals surface area (Å²) in [6.45, 7) is 2.03. The van der Waals surface area contributed by atoms with Gasteiger partial charge in [-0.2, -0.15) is 5.26 Å². The Hall–Kier alpha value is -1.40. The molecule has 2 atom stereocenters. The van der Waals surface area contributed by atoms with Crippen LogP contribution in [0.25, 0.3) is 0 Å². The third-order valence-electron chi connectivity index (χ3n) is 2.44. The Morgan fingerprint density at radius 1 is 1.43 bits per heavy atom. The van der Waals surface area contributed by atoms with E-state index in [1.807, 2.05) is 44.1 Å². The van der Waals surface area contributed by atoms with Crippen LogP contribution in [-0.4, -0.2) is 30.0 Å². The van der Waals surface area contributed by atoms with Crippen LogP contribution in [0.3, 0.4) is 0 Å². The van der Waals surface area contributed by atoms with Gasteiger partial charge in [-0.05, 0) is 33.2 Å². The van der Waals surface area contributed by atoms with Crippen molar-refractivity contribution in [2.45, 2.75) is 18.9 Å². The van der Waals surface area contributed by atoms with E-state index >= 15 is 0 Å². The van der Waals surface area contributed by atoms with E-state index in [0.29, 0.717) is 0 Å². The molecule has 0 aromatic carbocycles. The van der Waals surface area contributed by atoms with E-state index in [1.54, 1.807) is 6.20 Å². The Labute approximate surface area is 85.0 Å². The summed E-state index contributed by atoms with van der Waals surface area (Å²) in [5.41, 5.74) is 0.844. The lowest BCUT2D eigenvalue weighted by molar-refractivity contribution is 0.293. The minimum absolute atomic E-state index is 0.161. The number of hydrogen-bond donors (Lipinski definition) is 0. The fraction of sp³-hybridized carbons (Fsp3) is 0.455. The second kappa shape index (κ2) is 4.73. The Morgan fingerprint density at radius 2 is 2.14 bits per heavy atom. The van der Waals surface area contributed by atoms with Gasteiger partial charge in [0.15, 0.2) is 0 Å². The minimum atomic E-state index is -0.161. The number of pyridine rings is 1. The number of likely N-dealkylation sites (N-methyl/N-ethyl adjacent to an activating group) is 1. The zero-order valence-corrected chi connectivity index (χ0v) is 8.81. The van der Waals surface area contributed by atoms with Crippen molar-refractivity contribution >= 4 is 0 Å². The molecule has 3 heteroatoms. The van der Waals surface area contributed by atoms with Crippen LogP contribution in [0.1, 0.15) is 18.5 Å². The first-order valence-electron chi connectivity index (χ1n) is 4.63. The van der Waals surface area contributed by atoms with Gasteiger partial charge in [0.1, 0.15) is 5.92 Å². The van der Waals surface area contributed by atoms with E-state index < -0.39 is 0 Å². The van der Waals surface area contributed by atoms with E-state index in [1.165, 1.54) is 0 Å². The molecule has 0 fully saturated rings. The average Bonchev–Trinajstić information content (AvgIpc) is 2.20. The smallest absolute Gasteiger partial charge is 0.104 e. The molecule has 2 unspecified atom stereocenters. The summed E-state index contributed by atoms with van der Waals surface area (Å²) in [5, 5.41) is 9.08. The summed E-state index contributed by atoms with van der Waals surface area (Å²) < 4.78 is 0. The number of nitrogens with zero attached hydrogens (tertiary/aromatic N) is 3. The van der Waals surface area contributed by atoms with Crippen LogP contribution in [0, 0.1) is 11.3 Å². The van der Waals surface area contributed by atoms with Crippen molar-refractivity contribution < 1.29 is 0 Å².